The second kappa shape index (κ2) is 5.44. The molecule has 0 saturated carbocycles. The zero-order valence-corrected chi connectivity index (χ0v) is 11.2. The average Bonchev–Trinajstić information content (AvgIpc) is 2.20. The van der Waals surface area contributed by atoms with E-state index in [2.05, 4.69) is 13.8 Å². The van der Waals surface area contributed by atoms with Crippen molar-refractivity contribution in [1.29, 1.82) is 0 Å². The van der Waals surface area contributed by atoms with Gasteiger partial charge in [0.1, 0.15) is 0 Å². The van der Waals surface area contributed by atoms with Gasteiger partial charge in [-0.25, -0.2) is 0 Å². The van der Waals surface area contributed by atoms with Crippen LogP contribution in [0.5, 0.6) is 0 Å². The molecule has 15 heavy (non-hydrogen) atoms. The van der Waals surface area contributed by atoms with Crippen LogP contribution in [0.1, 0.15) is 13.8 Å². The molecule has 1 aromatic carbocycles. The second-order valence-electron chi connectivity index (χ2n) is 4.23. The molecular formula is C11H15Cl2NS. The number of hydrogen-bond acceptors (Lipinski definition) is 2. The van der Waals surface area contributed by atoms with Crippen LogP contribution in [0, 0.1) is 5.41 Å². The van der Waals surface area contributed by atoms with Crippen LogP contribution in [0.3, 0.4) is 0 Å². The lowest BCUT2D eigenvalue weighted by Gasteiger charge is -2.21. The third-order valence-corrected chi connectivity index (χ3v) is 4.33. The molecule has 1 aromatic rings. The number of thioether (sulfide) groups is 1. The van der Waals surface area contributed by atoms with Crippen LogP contribution in [-0.4, -0.2) is 12.3 Å². The van der Waals surface area contributed by atoms with Gasteiger partial charge in [-0.1, -0.05) is 37.0 Å². The molecule has 0 aliphatic heterocycles. The van der Waals surface area contributed by atoms with Gasteiger partial charge in [-0.3, -0.25) is 0 Å². The zero-order valence-electron chi connectivity index (χ0n) is 8.89. The van der Waals surface area contributed by atoms with Crippen LogP contribution in [0.4, 0.5) is 0 Å². The Hall–Kier alpha value is 0.110. The first-order valence-electron chi connectivity index (χ1n) is 4.72. The molecule has 1 nitrogen and oxygen atoms in total. The van der Waals surface area contributed by atoms with Gasteiger partial charge in [0.25, 0.3) is 0 Å². The SMILES string of the molecule is CC(C)(CN)CSc1ccc(Cl)c(Cl)c1. The lowest BCUT2D eigenvalue weighted by molar-refractivity contribution is 0.438. The van der Waals surface area contributed by atoms with E-state index in [1.54, 1.807) is 11.8 Å². The van der Waals surface area contributed by atoms with Crippen LogP contribution in [-0.2, 0) is 0 Å². The summed E-state index contributed by atoms with van der Waals surface area (Å²) in [5.74, 6) is 0.974. The number of hydrogen-bond donors (Lipinski definition) is 1. The number of rotatable bonds is 4. The van der Waals surface area contributed by atoms with Gasteiger partial charge in [-0.15, -0.1) is 11.8 Å². The largest absolute Gasteiger partial charge is 0.330 e. The highest BCUT2D eigenvalue weighted by Gasteiger charge is 2.15. The molecule has 0 spiro atoms. The Bertz CT molecular complexity index is 339. The van der Waals surface area contributed by atoms with Gasteiger partial charge in [0.05, 0.1) is 10.0 Å². The van der Waals surface area contributed by atoms with Gasteiger partial charge in [0.2, 0.25) is 0 Å². The molecule has 2 N–H and O–H groups in total. The van der Waals surface area contributed by atoms with E-state index in [9.17, 15) is 0 Å². The predicted molar refractivity (Wildman–Crippen MR) is 70.0 cm³/mol. The van der Waals surface area contributed by atoms with Crippen LogP contribution >= 0.6 is 35.0 Å². The van der Waals surface area contributed by atoms with E-state index in [1.807, 2.05) is 18.2 Å². The molecular weight excluding hydrogens is 249 g/mol. The van der Waals surface area contributed by atoms with E-state index in [4.69, 9.17) is 28.9 Å². The average molecular weight is 264 g/mol. The van der Waals surface area contributed by atoms with Crippen molar-refractivity contribution < 1.29 is 0 Å². The lowest BCUT2D eigenvalue weighted by Crippen LogP contribution is -2.25. The maximum Gasteiger partial charge on any atom is 0.0603 e. The first-order valence-corrected chi connectivity index (χ1v) is 6.47. The maximum atomic E-state index is 5.93. The monoisotopic (exact) mass is 263 g/mol. The zero-order chi connectivity index (χ0) is 11.5. The fourth-order valence-electron chi connectivity index (χ4n) is 0.904. The molecule has 1 rings (SSSR count). The number of nitrogens with two attached hydrogens (primary N) is 1. The van der Waals surface area contributed by atoms with Crippen molar-refractivity contribution in [2.45, 2.75) is 18.7 Å². The minimum absolute atomic E-state index is 0.150. The van der Waals surface area contributed by atoms with Crippen molar-refractivity contribution in [2.75, 3.05) is 12.3 Å². The summed E-state index contributed by atoms with van der Waals surface area (Å²) < 4.78 is 0. The van der Waals surface area contributed by atoms with Crippen molar-refractivity contribution >= 4 is 35.0 Å². The molecule has 0 amide bonds. The minimum Gasteiger partial charge on any atom is -0.330 e. The van der Waals surface area contributed by atoms with Gasteiger partial charge in [-0.2, -0.15) is 0 Å². The molecule has 0 aromatic heterocycles. The fourth-order valence-corrected chi connectivity index (χ4v) is 2.31. The van der Waals surface area contributed by atoms with Gasteiger partial charge < -0.3 is 5.73 Å². The Morgan fingerprint density at radius 1 is 1.27 bits per heavy atom. The molecule has 4 heteroatoms. The fraction of sp³-hybridized carbons (Fsp3) is 0.455. The van der Waals surface area contributed by atoms with Crippen molar-refractivity contribution in [3.63, 3.8) is 0 Å². The first kappa shape index (κ1) is 13.2. The van der Waals surface area contributed by atoms with Crippen molar-refractivity contribution in [1.82, 2.24) is 0 Å². The van der Waals surface area contributed by atoms with E-state index in [0.29, 0.717) is 16.6 Å². The van der Waals surface area contributed by atoms with Gasteiger partial charge in [0.15, 0.2) is 0 Å². The molecule has 0 fully saturated rings. The summed E-state index contributed by atoms with van der Waals surface area (Å²) in [4.78, 5) is 1.13. The first-order chi connectivity index (χ1) is 6.94. The van der Waals surface area contributed by atoms with E-state index in [1.165, 1.54) is 0 Å². The van der Waals surface area contributed by atoms with Crippen molar-refractivity contribution in [3.05, 3.63) is 28.2 Å². The predicted octanol–water partition coefficient (Wildman–Crippen LogP) is 4.07. The van der Waals surface area contributed by atoms with Crippen LogP contribution in [0.25, 0.3) is 0 Å². The molecule has 84 valence electrons. The van der Waals surface area contributed by atoms with Crippen LogP contribution < -0.4 is 5.73 Å². The van der Waals surface area contributed by atoms with Crippen molar-refractivity contribution in [2.24, 2.45) is 11.1 Å². The Balaban J connectivity index is 2.62. The van der Waals surface area contributed by atoms with Gasteiger partial charge >= 0.3 is 0 Å². The van der Waals surface area contributed by atoms with Crippen molar-refractivity contribution in [3.8, 4) is 0 Å². The summed E-state index contributed by atoms with van der Waals surface area (Å²) in [6.45, 7) is 4.98. The molecule has 0 atom stereocenters. The maximum absolute atomic E-state index is 5.93. The summed E-state index contributed by atoms with van der Waals surface area (Å²) in [7, 11) is 0. The van der Waals surface area contributed by atoms with Gasteiger partial charge in [0, 0.05) is 10.6 Å². The number of benzene rings is 1. The summed E-state index contributed by atoms with van der Waals surface area (Å²) in [6.07, 6.45) is 0. The second-order valence-corrected chi connectivity index (χ2v) is 6.10. The molecule has 0 radical (unpaired) electrons. The summed E-state index contributed by atoms with van der Waals surface area (Å²) >= 11 is 13.5. The molecule has 0 bridgehead atoms. The summed E-state index contributed by atoms with van der Waals surface area (Å²) in [5, 5.41) is 1.20. The smallest absolute Gasteiger partial charge is 0.0603 e. The topological polar surface area (TPSA) is 26.0 Å². The Labute approximate surface area is 105 Å². The van der Waals surface area contributed by atoms with E-state index in [-0.39, 0.29) is 5.41 Å². The number of halogens is 2. The highest BCUT2D eigenvalue weighted by molar-refractivity contribution is 7.99. The van der Waals surface area contributed by atoms with E-state index < -0.39 is 0 Å². The summed E-state index contributed by atoms with van der Waals surface area (Å²) in [5.41, 5.74) is 5.81. The Kier molecular flexibility index (Phi) is 4.78. The van der Waals surface area contributed by atoms with E-state index in [0.717, 1.165) is 10.6 Å². The molecule has 0 saturated heterocycles. The highest BCUT2D eigenvalue weighted by atomic mass is 35.5. The quantitative estimate of drug-likeness (QED) is 0.829. The molecule has 0 aliphatic rings. The third kappa shape index (κ3) is 4.23. The standard InChI is InChI=1S/C11H15Cl2NS/c1-11(2,6-14)7-15-8-3-4-9(12)10(13)5-8/h3-5H,6-7,14H2,1-2H3. The Morgan fingerprint density at radius 2 is 1.93 bits per heavy atom. The Morgan fingerprint density at radius 3 is 2.47 bits per heavy atom. The van der Waals surface area contributed by atoms with Crippen LogP contribution in [0.15, 0.2) is 23.1 Å². The molecule has 0 aliphatic carbocycles. The minimum atomic E-state index is 0.150. The van der Waals surface area contributed by atoms with E-state index >= 15 is 0 Å². The normalized spacial score (nSPS) is 11.8. The molecule has 0 unspecified atom stereocenters. The van der Waals surface area contributed by atoms with Crippen LogP contribution in [0.2, 0.25) is 10.0 Å². The highest BCUT2D eigenvalue weighted by Crippen LogP contribution is 2.31. The lowest BCUT2D eigenvalue weighted by atomic mass is 9.97. The third-order valence-electron chi connectivity index (χ3n) is 2.07. The van der Waals surface area contributed by atoms with Gasteiger partial charge in [-0.05, 0) is 30.2 Å². The molecule has 0 heterocycles. The summed E-state index contributed by atoms with van der Waals surface area (Å²) in [6, 6.07) is 5.69.